The summed E-state index contributed by atoms with van der Waals surface area (Å²) in [6.07, 6.45) is 0.452. The molecule has 1 N–H and O–H groups in total. The van der Waals surface area contributed by atoms with Crippen LogP contribution in [0.25, 0.3) is 0 Å². The van der Waals surface area contributed by atoms with Crippen molar-refractivity contribution in [3.05, 3.63) is 65.5 Å². The van der Waals surface area contributed by atoms with Gasteiger partial charge in [0, 0.05) is 26.2 Å². The van der Waals surface area contributed by atoms with Crippen molar-refractivity contribution in [2.75, 3.05) is 32.1 Å². The predicted octanol–water partition coefficient (Wildman–Crippen LogP) is 3.04. The minimum absolute atomic E-state index is 0.115. The number of rotatable bonds is 8. The molecule has 0 saturated carbocycles. The number of ether oxygens (including phenoxy) is 1. The van der Waals surface area contributed by atoms with Crippen LogP contribution in [0, 0.1) is 11.7 Å². The summed E-state index contributed by atoms with van der Waals surface area (Å²) in [4.78, 5) is 26.2. The third kappa shape index (κ3) is 5.81. The molecule has 2 rings (SSSR count). The Labute approximate surface area is 159 Å². The Balaban J connectivity index is 2.05. The lowest BCUT2D eigenvalue weighted by Crippen LogP contribution is -2.35. The van der Waals surface area contributed by atoms with Gasteiger partial charge in [-0.05, 0) is 37.1 Å². The van der Waals surface area contributed by atoms with E-state index < -0.39 is 17.6 Å². The van der Waals surface area contributed by atoms with Crippen LogP contribution in [-0.2, 0) is 16.0 Å². The quantitative estimate of drug-likeness (QED) is 0.724. The van der Waals surface area contributed by atoms with Crippen molar-refractivity contribution in [1.82, 2.24) is 5.32 Å². The van der Waals surface area contributed by atoms with Crippen LogP contribution >= 0.6 is 0 Å². The molecule has 0 aliphatic carbocycles. The smallest absolute Gasteiger partial charge is 0.311 e. The van der Waals surface area contributed by atoms with Gasteiger partial charge < -0.3 is 15.0 Å². The van der Waals surface area contributed by atoms with Gasteiger partial charge in [0.2, 0.25) is 0 Å². The van der Waals surface area contributed by atoms with Gasteiger partial charge in [0.1, 0.15) is 5.82 Å². The standard InChI is InChI=1S/C21H25FN2O3/c1-4-27-21(26)17(12-15-8-6-5-7-9-15)14-23-20(25)16-10-11-19(24(2)3)18(22)13-16/h5-11,13,17H,4,12,14H2,1-3H3,(H,23,25). The van der Waals surface area contributed by atoms with Crippen molar-refractivity contribution in [1.29, 1.82) is 0 Å². The Morgan fingerprint density at radius 3 is 2.44 bits per heavy atom. The first-order valence-corrected chi connectivity index (χ1v) is 8.88. The van der Waals surface area contributed by atoms with Crippen molar-refractivity contribution in [3.63, 3.8) is 0 Å². The largest absolute Gasteiger partial charge is 0.466 e. The number of carbonyl (C=O) groups excluding carboxylic acids is 2. The molecule has 5 nitrogen and oxygen atoms in total. The summed E-state index contributed by atoms with van der Waals surface area (Å²) < 4.78 is 19.2. The lowest BCUT2D eigenvalue weighted by atomic mass is 9.99. The molecule has 0 aliphatic rings. The number of hydrogen-bond donors (Lipinski definition) is 1. The monoisotopic (exact) mass is 372 g/mol. The Morgan fingerprint density at radius 2 is 1.85 bits per heavy atom. The molecule has 6 heteroatoms. The minimum atomic E-state index is -0.512. The second kappa shape index (κ2) is 9.71. The maximum absolute atomic E-state index is 14.1. The molecule has 0 saturated heterocycles. The Kier molecular flexibility index (Phi) is 7.34. The highest BCUT2D eigenvalue weighted by atomic mass is 19.1. The molecule has 144 valence electrons. The fraction of sp³-hybridized carbons (Fsp3) is 0.333. The Morgan fingerprint density at radius 1 is 1.15 bits per heavy atom. The highest BCUT2D eigenvalue weighted by Crippen LogP contribution is 2.18. The first kappa shape index (κ1) is 20.4. The average Bonchev–Trinajstić information content (AvgIpc) is 2.65. The van der Waals surface area contributed by atoms with Gasteiger partial charge in [0.25, 0.3) is 5.91 Å². The van der Waals surface area contributed by atoms with Gasteiger partial charge >= 0.3 is 5.97 Å². The molecule has 0 heterocycles. The van der Waals surface area contributed by atoms with E-state index in [-0.39, 0.29) is 24.7 Å². The van der Waals surface area contributed by atoms with E-state index in [1.165, 1.54) is 6.07 Å². The van der Waals surface area contributed by atoms with E-state index in [2.05, 4.69) is 5.32 Å². The highest BCUT2D eigenvalue weighted by Gasteiger charge is 2.22. The number of carbonyl (C=O) groups is 2. The molecule has 0 radical (unpaired) electrons. The summed E-state index contributed by atoms with van der Waals surface area (Å²) in [5.74, 6) is -1.78. The lowest BCUT2D eigenvalue weighted by molar-refractivity contribution is -0.147. The summed E-state index contributed by atoms with van der Waals surface area (Å²) >= 11 is 0. The molecule has 2 aromatic carbocycles. The van der Waals surface area contributed by atoms with Gasteiger partial charge in [-0.3, -0.25) is 9.59 Å². The number of amides is 1. The zero-order valence-corrected chi connectivity index (χ0v) is 15.9. The normalized spacial score (nSPS) is 11.6. The maximum atomic E-state index is 14.1. The van der Waals surface area contributed by atoms with Crippen LogP contribution in [0.1, 0.15) is 22.8 Å². The first-order valence-electron chi connectivity index (χ1n) is 8.88. The fourth-order valence-electron chi connectivity index (χ4n) is 2.73. The molecule has 0 aliphatic heterocycles. The summed E-state index contributed by atoms with van der Waals surface area (Å²) in [6, 6.07) is 13.8. The van der Waals surface area contributed by atoms with Crippen molar-refractivity contribution in [2.24, 2.45) is 5.92 Å². The van der Waals surface area contributed by atoms with Gasteiger partial charge in [0.05, 0.1) is 18.2 Å². The third-order valence-corrected chi connectivity index (χ3v) is 4.15. The predicted molar refractivity (Wildman–Crippen MR) is 103 cm³/mol. The number of hydrogen-bond acceptors (Lipinski definition) is 4. The van der Waals surface area contributed by atoms with Crippen molar-refractivity contribution >= 4 is 17.6 Å². The van der Waals surface area contributed by atoms with E-state index >= 15 is 0 Å². The molecule has 27 heavy (non-hydrogen) atoms. The second-order valence-corrected chi connectivity index (χ2v) is 6.41. The second-order valence-electron chi connectivity index (χ2n) is 6.41. The zero-order chi connectivity index (χ0) is 19.8. The number of nitrogens with zero attached hydrogens (tertiary/aromatic N) is 1. The molecular formula is C21H25FN2O3. The van der Waals surface area contributed by atoms with E-state index in [0.717, 1.165) is 5.56 Å². The lowest BCUT2D eigenvalue weighted by Gasteiger charge is -2.17. The highest BCUT2D eigenvalue weighted by molar-refractivity contribution is 5.94. The minimum Gasteiger partial charge on any atom is -0.466 e. The number of benzene rings is 2. The summed E-state index contributed by atoms with van der Waals surface area (Å²) in [5, 5.41) is 2.71. The van der Waals surface area contributed by atoms with Gasteiger partial charge in [-0.25, -0.2) is 4.39 Å². The van der Waals surface area contributed by atoms with E-state index in [0.29, 0.717) is 12.1 Å². The third-order valence-electron chi connectivity index (χ3n) is 4.15. The van der Waals surface area contributed by atoms with E-state index in [1.54, 1.807) is 38.1 Å². The summed E-state index contributed by atoms with van der Waals surface area (Å²) in [6.45, 7) is 2.13. The molecule has 0 fully saturated rings. The number of halogens is 1. The Bertz CT molecular complexity index is 778. The molecule has 1 amide bonds. The molecule has 0 aromatic heterocycles. The summed E-state index contributed by atoms with van der Waals surface area (Å²) in [7, 11) is 3.46. The fourth-order valence-corrected chi connectivity index (χ4v) is 2.73. The van der Waals surface area contributed by atoms with E-state index in [4.69, 9.17) is 4.74 Å². The van der Waals surface area contributed by atoms with E-state index in [9.17, 15) is 14.0 Å². The molecular weight excluding hydrogens is 347 g/mol. The Hall–Kier alpha value is -2.89. The van der Waals surface area contributed by atoms with Crippen LogP contribution in [0.2, 0.25) is 0 Å². The van der Waals surface area contributed by atoms with Crippen LogP contribution in [0.5, 0.6) is 0 Å². The molecule has 2 aromatic rings. The number of anilines is 1. The first-order chi connectivity index (χ1) is 12.9. The molecule has 0 spiro atoms. The van der Waals surface area contributed by atoms with Crippen molar-refractivity contribution in [3.8, 4) is 0 Å². The van der Waals surface area contributed by atoms with Crippen LogP contribution in [0.3, 0.4) is 0 Å². The molecule has 1 unspecified atom stereocenters. The van der Waals surface area contributed by atoms with Gasteiger partial charge in [-0.15, -0.1) is 0 Å². The summed E-state index contributed by atoms with van der Waals surface area (Å²) in [5.41, 5.74) is 1.59. The number of nitrogens with one attached hydrogen (secondary N) is 1. The van der Waals surface area contributed by atoms with Crippen LogP contribution in [0.4, 0.5) is 10.1 Å². The van der Waals surface area contributed by atoms with Crippen LogP contribution < -0.4 is 10.2 Å². The van der Waals surface area contributed by atoms with Crippen molar-refractivity contribution < 1.29 is 18.7 Å². The maximum Gasteiger partial charge on any atom is 0.311 e. The SMILES string of the molecule is CCOC(=O)C(CNC(=O)c1ccc(N(C)C)c(F)c1)Cc1ccccc1. The average molecular weight is 372 g/mol. The van der Waals surface area contributed by atoms with Crippen LogP contribution in [0.15, 0.2) is 48.5 Å². The topological polar surface area (TPSA) is 58.6 Å². The number of esters is 1. The molecule has 0 bridgehead atoms. The zero-order valence-electron chi connectivity index (χ0n) is 15.9. The van der Waals surface area contributed by atoms with Crippen LogP contribution in [-0.4, -0.2) is 39.1 Å². The van der Waals surface area contributed by atoms with Gasteiger partial charge in [-0.2, -0.15) is 0 Å². The van der Waals surface area contributed by atoms with Gasteiger partial charge in [-0.1, -0.05) is 30.3 Å². The molecule has 1 atom stereocenters. The van der Waals surface area contributed by atoms with Gasteiger partial charge in [0.15, 0.2) is 0 Å². The van der Waals surface area contributed by atoms with Crippen molar-refractivity contribution in [2.45, 2.75) is 13.3 Å². The van der Waals surface area contributed by atoms with E-state index in [1.807, 2.05) is 30.3 Å².